The van der Waals surface area contributed by atoms with Gasteiger partial charge in [0.1, 0.15) is 0 Å². The molecular formula is C15H18ClN3O2. The van der Waals surface area contributed by atoms with Gasteiger partial charge in [0, 0.05) is 31.8 Å². The molecular weight excluding hydrogens is 290 g/mol. The van der Waals surface area contributed by atoms with Crippen molar-refractivity contribution in [1.29, 1.82) is 0 Å². The summed E-state index contributed by atoms with van der Waals surface area (Å²) < 4.78 is 5.01. The molecule has 1 aromatic heterocycles. The molecule has 21 heavy (non-hydrogen) atoms. The van der Waals surface area contributed by atoms with E-state index in [1.54, 1.807) is 30.3 Å². The number of methoxy groups -OCH3 is 1. The first-order chi connectivity index (χ1) is 10.2. The minimum Gasteiger partial charge on any atom is -0.383 e. The molecule has 0 saturated carbocycles. The maximum absolute atomic E-state index is 12.3. The molecule has 0 bridgehead atoms. The zero-order valence-electron chi connectivity index (χ0n) is 12.1. The molecule has 0 radical (unpaired) electrons. The SMILES string of the molecule is CCN(CCOC)C(=O)Nc1ccc(Cl)c2ncccc12. The number of ether oxygens (including phenoxy) is 1. The van der Waals surface area contributed by atoms with E-state index in [4.69, 9.17) is 16.3 Å². The maximum atomic E-state index is 12.3. The van der Waals surface area contributed by atoms with Crippen LogP contribution in [-0.4, -0.2) is 42.7 Å². The summed E-state index contributed by atoms with van der Waals surface area (Å²) in [5.41, 5.74) is 1.38. The normalized spacial score (nSPS) is 10.6. The molecule has 0 fully saturated rings. The third-order valence-corrected chi connectivity index (χ3v) is 3.50. The lowest BCUT2D eigenvalue weighted by molar-refractivity contribution is 0.157. The Hall–Kier alpha value is -1.85. The summed E-state index contributed by atoms with van der Waals surface area (Å²) in [6.45, 7) is 3.59. The zero-order valence-corrected chi connectivity index (χ0v) is 12.9. The Morgan fingerprint density at radius 3 is 2.95 bits per heavy atom. The van der Waals surface area contributed by atoms with Crippen molar-refractivity contribution < 1.29 is 9.53 Å². The molecule has 0 aliphatic carbocycles. The van der Waals surface area contributed by atoms with Crippen LogP contribution in [0.2, 0.25) is 5.02 Å². The van der Waals surface area contributed by atoms with Crippen LogP contribution in [0.3, 0.4) is 0 Å². The number of nitrogens with one attached hydrogen (secondary N) is 1. The highest BCUT2D eigenvalue weighted by atomic mass is 35.5. The van der Waals surface area contributed by atoms with Gasteiger partial charge < -0.3 is 15.0 Å². The number of rotatable bonds is 5. The van der Waals surface area contributed by atoms with Crippen molar-refractivity contribution in [2.45, 2.75) is 6.92 Å². The van der Waals surface area contributed by atoms with Gasteiger partial charge in [0.2, 0.25) is 0 Å². The molecule has 0 saturated heterocycles. The van der Waals surface area contributed by atoms with E-state index in [0.717, 1.165) is 5.39 Å². The number of amides is 2. The van der Waals surface area contributed by atoms with Crippen LogP contribution in [0, 0.1) is 0 Å². The summed E-state index contributed by atoms with van der Waals surface area (Å²) >= 11 is 6.12. The number of anilines is 1. The Morgan fingerprint density at radius 2 is 2.24 bits per heavy atom. The van der Waals surface area contributed by atoms with Gasteiger partial charge in [-0.3, -0.25) is 4.98 Å². The van der Waals surface area contributed by atoms with Crippen molar-refractivity contribution in [3.63, 3.8) is 0 Å². The van der Waals surface area contributed by atoms with Crippen LogP contribution in [0.25, 0.3) is 10.9 Å². The fourth-order valence-corrected chi connectivity index (χ4v) is 2.26. The smallest absolute Gasteiger partial charge is 0.321 e. The van der Waals surface area contributed by atoms with E-state index < -0.39 is 0 Å². The Balaban J connectivity index is 2.23. The van der Waals surface area contributed by atoms with Gasteiger partial charge in [-0.1, -0.05) is 11.6 Å². The number of pyridine rings is 1. The van der Waals surface area contributed by atoms with E-state index in [1.165, 1.54) is 0 Å². The number of fused-ring (bicyclic) bond motifs is 1. The van der Waals surface area contributed by atoms with Gasteiger partial charge in [-0.25, -0.2) is 4.79 Å². The number of hydrogen-bond acceptors (Lipinski definition) is 3. The molecule has 0 aliphatic heterocycles. The Morgan fingerprint density at radius 1 is 1.43 bits per heavy atom. The number of nitrogens with zero attached hydrogens (tertiary/aromatic N) is 2. The highest BCUT2D eigenvalue weighted by molar-refractivity contribution is 6.35. The lowest BCUT2D eigenvalue weighted by atomic mass is 10.2. The molecule has 1 aromatic carbocycles. The Labute approximate surface area is 128 Å². The minimum atomic E-state index is -0.165. The van der Waals surface area contributed by atoms with Crippen molar-refractivity contribution in [1.82, 2.24) is 9.88 Å². The summed E-state index contributed by atoms with van der Waals surface area (Å²) in [4.78, 5) is 18.2. The number of aromatic nitrogens is 1. The van der Waals surface area contributed by atoms with Gasteiger partial charge >= 0.3 is 6.03 Å². The second kappa shape index (κ2) is 7.24. The lowest BCUT2D eigenvalue weighted by Crippen LogP contribution is -2.37. The fourth-order valence-electron chi connectivity index (χ4n) is 2.05. The van der Waals surface area contributed by atoms with E-state index in [0.29, 0.717) is 35.9 Å². The Bertz CT molecular complexity index is 633. The number of likely N-dealkylation sites (N-methyl/N-ethyl adjacent to an activating group) is 1. The molecule has 1 N–H and O–H groups in total. The quantitative estimate of drug-likeness (QED) is 0.921. The van der Waals surface area contributed by atoms with E-state index in [-0.39, 0.29) is 6.03 Å². The van der Waals surface area contributed by atoms with Crippen LogP contribution >= 0.6 is 11.6 Å². The summed E-state index contributed by atoms with van der Waals surface area (Å²) in [7, 11) is 1.62. The van der Waals surface area contributed by atoms with E-state index in [2.05, 4.69) is 10.3 Å². The van der Waals surface area contributed by atoms with Crippen LogP contribution in [0.15, 0.2) is 30.5 Å². The zero-order chi connectivity index (χ0) is 15.2. The van der Waals surface area contributed by atoms with Crippen LogP contribution in [0.1, 0.15) is 6.92 Å². The number of carbonyl (C=O) groups is 1. The van der Waals surface area contributed by atoms with E-state index in [1.807, 2.05) is 19.1 Å². The number of hydrogen-bond donors (Lipinski definition) is 1. The number of urea groups is 1. The van der Waals surface area contributed by atoms with Crippen molar-refractivity contribution >= 4 is 34.2 Å². The summed E-state index contributed by atoms with van der Waals surface area (Å²) in [5, 5.41) is 4.29. The number of benzene rings is 1. The lowest BCUT2D eigenvalue weighted by Gasteiger charge is -2.21. The van der Waals surface area contributed by atoms with Crippen LogP contribution in [-0.2, 0) is 4.74 Å². The van der Waals surface area contributed by atoms with Gasteiger partial charge in [-0.2, -0.15) is 0 Å². The van der Waals surface area contributed by atoms with Gasteiger partial charge in [0.15, 0.2) is 0 Å². The summed E-state index contributed by atoms with van der Waals surface area (Å²) in [5.74, 6) is 0. The monoisotopic (exact) mass is 307 g/mol. The molecule has 0 atom stereocenters. The molecule has 5 nitrogen and oxygen atoms in total. The second-order valence-corrected chi connectivity index (χ2v) is 4.90. The summed E-state index contributed by atoms with van der Waals surface area (Å²) in [6.07, 6.45) is 1.68. The van der Waals surface area contributed by atoms with Crippen LogP contribution < -0.4 is 5.32 Å². The average Bonchev–Trinajstić information content (AvgIpc) is 2.51. The first kappa shape index (κ1) is 15.5. The highest BCUT2D eigenvalue weighted by Gasteiger charge is 2.13. The second-order valence-electron chi connectivity index (χ2n) is 4.50. The molecule has 112 valence electrons. The standard InChI is InChI=1S/C15H18ClN3O2/c1-3-19(9-10-21-2)15(20)18-13-7-6-12(16)14-11(13)5-4-8-17-14/h4-8H,3,9-10H2,1-2H3,(H,18,20). The van der Waals surface area contributed by atoms with Crippen LogP contribution in [0.4, 0.5) is 10.5 Å². The maximum Gasteiger partial charge on any atom is 0.321 e. The van der Waals surface area contributed by atoms with Gasteiger partial charge in [0.25, 0.3) is 0 Å². The summed E-state index contributed by atoms with van der Waals surface area (Å²) in [6, 6.07) is 7.06. The van der Waals surface area contributed by atoms with E-state index >= 15 is 0 Å². The number of carbonyl (C=O) groups excluding carboxylic acids is 1. The average molecular weight is 308 g/mol. The fraction of sp³-hybridized carbons (Fsp3) is 0.333. The molecule has 1 heterocycles. The molecule has 0 spiro atoms. The highest BCUT2D eigenvalue weighted by Crippen LogP contribution is 2.28. The third-order valence-electron chi connectivity index (χ3n) is 3.20. The molecule has 0 aliphatic rings. The Kier molecular flexibility index (Phi) is 5.36. The first-order valence-corrected chi connectivity index (χ1v) is 7.13. The molecule has 0 unspecified atom stereocenters. The van der Waals surface area contributed by atoms with Crippen molar-refractivity contribution in [3.8, 4) is 0 Å². The number of halogens is 1. The largest absolute Gasteiger partial charge is 0.383 e. The minimum absolute atomic E-state index is 0.165. The molecule has 2 rings (SSSR count). The van der Waals surface area contributed by atoms with Gasteiger partial charge in [0.05, 0.1) is 22.8 Å². The molecule has 2 amide bonds. The van der Waals surface area contributed by atoms with Gasteiger partial charge in [-0.15, -0.1) is 0 Å². The van der Waals surface area contributed by atoms with Crippen molar-refractivity contribution in [2.75, 3.05) is 32.1 Å². The van der Waals surface area contributed by atoms with Crippen LogP contribution in [0.5, 0.6) is 0 Å². The molecule has 2 aromatic rings. The predicted octanol–water partition coefficient (Wildman–Crippen LogP) is 3.39. The van der Waals surface area contributed by atoms with Gasteiger partial charge in [-0.05, 0) is 31.2 Å². The van der Waals surface area contributed by atoms with E-state index in [9.17, 15) is 4.79 Å². The first-order valence-electron chi connectivity index (χ1n) is 6.75. The van der Waals surface area contributed by atoms with Crippen molar-refractivity contribution in [3.05, 3.63) is 35.5 Å². The third kappa shape index (κ3) is 3.62. The topological polar surface area (TPSA) is 54.5 Å². The van der Waals surface area contributed by atoms with Crippen molar-refractivity contribution in [2.24, 2.45) is 0 Å². The molecule has 6 heteroatoms. The predicted molar refractivity (Wildman–Crippen MR) is 84.9 cm³/mol.